The molecule has 7 aromatic rings. The molecule has 0 radical (unpaired) electrons. The standard InChI is InChI=1S/C40H25N3OS/c1-2-9-25-22-27(18-16-24(25)8-1)43-34-14-5-6-15-36(34)44-37-23-26(17-21-35(37)43)40-41-39(42-45-40)33-20-19-32-29-11-4-3-10-28(29)30-12-7-13-31(33)38(30)32/h1-16,18-20,22-23H,17,21H2. The highest BCUT2D eigenvalue weighted by atomic mass is 32.1. The molecule has 0 amide bonds. The van der Waals surface area contributed by atoms with Gasteiger partial charge in [-0.15, -0.1) is 0 Å². The molecule has 0 atom stereocenters. The highest BCUT2D eigenvalue weighted by Gasteiger charge is 2.31. The first-order valence-corrected chi connectivity index (χ1v) is 16.1. The van der Waals surface area contributed by atoms with Gasteiger partial charge in [0.15, 0.2) is 11.6 Å². The Bertz CT molecular complexity index is 2410. The number of hydrogen-bond donors (Lipinski definition) is 0. The summed E-state index contributed by atoms with van der Waals surface area (Å²) < 4.78 is 11.5. The van der Waals surface area contributed by atoms with Crippen LogP contribution in [0, 0.1) is 0 Å². The van der Waals surface area contributed by atoms with E-state index in [1.54, 1.807) is 0 Å². The minimum absolute atomic E-state index is 0.781. The van der Waals surface area contributed by atoms with E-state index in [2.05, 4.69) is 120 Å². The van der Waals surface area contributed by atoms with Crippen LogP contribution in [0.2, 0.25) is 0 Å². The van der Waals surface area contributed by atoms with E-state index in [1.807, 2.05) is 12.1 Å². The fourth-order valence-electron chi connectivity index (χ4n) is 7.24. The van der Waals surface area contributed by atoms with Gasteiger partial charge in [-0.2, -0.15) is 4.37 Å². The first-order valence-electron chi connectivity index (χ1n) is 15.3. The second-order valence-corrected chi connectivity index (χ2v) is 12.5. The van der Waals surface area contributed by atoms with Crippen LogP contribution in [0.1, 0.15) is 17.8 Å². The summed E-state index contributed by atoms with van der Waals surface area (Å²) in [6.07, 6.45) is 3.88. The Labute approximate surface area is 264 Å². The predicted molar refractivity (Wildman–Crippen MR) is 185 cm³/mol. The molecule has 0 fully saturated rings. The van der Waals surface area contributed by atoms with Crippen molar-refractivity contribution in [2.45, 2.75) is 12.8 Å². The largest absolute Gasteiger partial charge is 0.453 e. The third kappa shape index (κ3) is 3.71. The van der Waals surface area contributed by atoms with Crippen LogP contribution in [-0.2, 0) is 0 Å². The number of rotatable bonds is 3. The van der Waals surface area contributed by atoms with Gasteiger partial charge in [0.1, 0.15) is 10.8 Å². The van der Waals surface area contributed by atoms with Gasteiger partial charge in [-0.05, 0) is 110 Å². The molecule has 212 valence electrons. The maximum atomic E-state index is 6.56. The Hall–Kier alpha value is -5.52. The van der Waals surface area contributed by atoms with E-state index >= 15 is 0 Å². The van der Waals surface area contributed by atoms with Gasteiger partial charge in [-0.1, -0.05) is 91.0 Å². The van der Waals surface area contributed by atoms with Crippen molar-refractivity contribution in [3.63, 3.8) is 0 Å². The van der Waals surface area contributed by atoms with E-state index in [0.29, 0.717) is 0 Å². The number of ether oxygens (including phenoxy) is 1. The zero-order chi connectivity index (χ0) is 29.5. The maximum Gasteiger partial charge on any atom is 0.174 e. The number of para-hydroxylation sites is 2. The molecular weight excluding hydrogens is 571 g/mol. The Morgan fingerprint density at radius 3 is 2.31 bits per heavy atom. The van der Waals surface area contributed by atoms with Crippen molar-refractivity contribution in [1.29, 1.82) is 0 Å². The topological polar surface area (TPSA) is 38.3 Å². The van der Waals surface area contributed by atoms with Crippen molar-refractivity contribution < 1.29 is 4.74 Å². The van der Waals surface area contributed by atoms with Gasteiger partial charge in [0.2, 0.25) is 0 Å². The fourth-order valence-corrected chi connectivity index (χ4v) is 7.96. The van der Waals surface area contributed by atoms with E-state index < -0.39 is 0 Å². The molecular formula is C40H25N3OS. The van der Waals surface area contributed by atoms with Crippen molar-refractivity contribution >= 4 is 50.0 Å². The molecule has 0 unspecified atom stereocenters. The first kappa shape index (κ1) is 24.9. The molecule has 0 saturated heterocycles. The lowest BCUT2D eigenvalue weighted by molar-refractivity contribution is 0.422. The predicted octanol–water partition coefficient (Wildman–Crippen LogP) is 10.8. The van der Waals surface area contributed by atoms with Crippen LogP contribution in [0.4, 0.5) is 11.4 Å². The average Bonchev–Trinajstić information content (AvgIpc) is 3.72. The summed E-state index contributed by atoms with van der Waals surface area (Å²) in [7, 11) is 0. The van der Waals surface area contributed by atoms with E-state index in [4.69, 9.17) is 14.1 Å². The normalized spacial score (nSPS) is 14.7. The van der Waals surface area contributed by atoms with Gasteiger partial charge in [-0.25, -0.2) is 4.98 Å². The molecule has 10 rings (SSSR count). The minimum atomic E-state index is 0.781. The highest BCUT2D eigenvalue weighted by molar-refractivity contribution is 7.06. The number of allylic oxidation sites excluding steroid dienone is 3. The van der Waals surface area contributed by atoms with E-state index in [9.17, 15) is 0 Å². The van der Waals surface area contributed by atoms with Crippen LogP contribution >= 0.6 is 11.5 Å². The van der Waals surface area contributed by atoms with Gasteiger partial charge in [0, 0.05) is 11.3 Å². The Kier molecular flexibility index (Phi) is 5.24. The lowest BCUT2D eigenvalue weighted by atomic mass is 9.97. The number of fused-ring (bicyclic) bond motifs is 5. The molecule has 2 aliphatic carbocycles. The summed E-state index contributed by atoms with van der Waals surface area (Å²) in [5, 5.41) is 5.90. The second kappa shape index (κ2) is 9.49. The molecule has 2 heterocycles. The van der Waals surface area contributed by atoms with Crippen LogP contribution in [-0.4, -0.2) is 9.36 Å². The zero-order valence-electron chi connectivity index (χ0n) is 24.2. The van der Waals surface area contributed by atoms with Gasteiger partial charge in [-0.3, -0.25) is 0 Å². The lowest BCUT2D eigenvalue weighted by Crippen LogP contribution is -2.25. The summed E-state index contributed by atoms with van der Waals surface area (Å²) in [6.45, 7) is 0. The SMILES string of the molecule is C1=C(c2nc(-c3ccc4c5c(cccc35)-c3ccccc3-4)ns2)CCC2=C1Oc1ccccc1N2c1ccc2ccccc2c1. The van der Waals surface area contributed by atoms with Crippen LogP contribution < -0.4 is 9.64 Å². The van der Waals surface area contributed by atoms with Crippen LogP contribution in [0.3, 0.4) is 0 Å². The van der Waals surface area contributed by atoms with Crippen molar-refractivity contribution in [3.05, 3.63) is 144 Å². The Morgan fingerprint density at radius 1 is 0.644 bits per heavy atom. The van der Waals surface area contributed by atoms with Crippen molar-refractivity contribution in [1.82, 2.24) is 9.36 Å². The van der Waals surface area contributed by atoms with E-state index in [1.165, 1.54) is 61.0 Å². The molecule has 0 bridgehead atoms. The van der Waals surface area contributed by atoms with Crippen LogP contribution in [0.15, 0.2) is 139 Å². The molecule has 6 aromatic carbocycles. The van der Waals surface area contributed by atoms with E-state index in [-0.39, 0.29) is 0 Å². The van der Waals surface area contributed by atoms with E-state index in [0.717, 1.165) is 57.7 Å². The second-order valence-electron chi connectivity index (χ2n) is 11.8. The number of nitrogens with zero attached hydrogens (tertiary/aromatic N) is 3. The average molecular weight is 596 g/mol. The molecule has 3 aliphatic rings. The lowest BCUT2D eigenvalue weighted by Gasteiger charge is -2.36. The van der Waals surface area contributed by atoms with Crippen LogP contribution in [0.5, 0.6) is 5.75 Å². The van der Waals surface area contributed by atoms with Crippen molar-refractivity contribution in [3.8, 4) is 39.4 Å². The molecule has 0 spiro atoms. The smallest absolute Gasteiger partial charge is 0.174 e. The molecule has 0 saturated carbocycles. The number of anilines is 2. The molecule has 0 N–H and O–H groups in total. The van der Waals surface area contributed by atoms with Crippen molar-refractivity contribution in [2.75, 3.05) is 4.90 Å². The third-order valence-corrected chi connectivity index (χ3v) is 10.1. The molecule has 1 aromatic heterocycles. The summed E-state index contributed by atoms with van der Waals surface area (Å²) in [6, 6.07) is 43.2. The number of benzene rings is 6. The highest BCUT2D eigenvalue weighted by Crippen LogP contribution is 2.50. The summed E-state index contributed by atoms with van der Waals surface area (Å²) in [5.41, 5.74) is 10.8. The molecule has 5 heteroatoms. The van der Waals surface area contributed by atoms with Crippen molar-refractivity contribution in [2.24, 2.45) is 0 Å². The molecule has 45 heavy (non-hydrogen) atoms. The third-order valence-electron chi connectivity index (χ3n) is 9.30. The van der Waals surface area contributed by atoms with Gasteiger partial charge >= 0.3 is 0 Å². The summed E-state index contributed by atoms with van der Waals surface area (Å²) >= 11 is 1.47. The quantitative estimate of drug-likeness (QED) is 0.204. The monoisotopic (exact) mass is 595 g/mol. The van der Waals surface area contributed by atoms with Crippen LogP contribution in [0.25, 0.3) is 60.8 Å². The summed E-state index contributed by atoms with van der Waals surface area (Å²) in [4.78, 5) is 7.49. The summed E-state index contributed by atoms with van der Waals surface area (Å²) in [5.74, 6) is 2.51. The molecule has 1 aliphatic heterocycles. The number of aromatic nitrogens is 2. The fraction of sp³-hybridized carbons (Fsp3) is 0.0500. The Balaban J connectivity index is 1.05. The van der Waals surface area contributed by atoms with Gasteiger partial charge in [0.25, 0.3) is 0 Å². The van der Waals surface area contributed by atoms with Gasteiger partial charge < -0.3 is 9.64 Å². The zero-order valence-corrected chi connectivity index (χ0v) is 25.0. The molecule has 4 nitrogen and oxygen atoms in total. The first-order chi connectivity index (χ1) is 22.3. The Morgan fingerprint density at radius 2 is 1.40 bits per heavy atom. The number of hydrogen-bond acceptors (Lipinski definition) is 5. The van der Waals surface area contributed by atoms with Gasteiger partial charge in [0.05, 0.1) is 11.4 Å². The minimum Gasteiger partial charge on any atom is -0.453 e. The maximum absolute atomic E-state index is 6.56.